The lowest BCUT2D eigenvalue weighted by molar-refractivity contribution is 0.309. The topological polar surface area (TPSA) is 55.4 Å². The first kappa shape index (κ1) is 18.0. The molecule has 120 valence electrons. The van der Waals surface area contributed by atoms with Crippen molar-refractivity contribution in [3.05, 3.63) is 29.8 Å². The standard InChI is InChI=1S/C16H27NO3S/c1-4-5-12-20-15-10-8-14(9-11-15)16(17-2)7-6-13-21(3,18)19/h8-11,16-17H,4-7,12-13H2,1-3H3. The summed E-state index contributed by atoms with van der Waals surface area (Å²) in [6.45, 7) is 2.89. The molecule has 1 aromatic rings. The normalized spacial score (nSPS) is 13.1. The summed E-state index contributed by atoms with van der Waals surface area (Å²) in [4.78, 5) is 0. The highest BCUT2D eigenvalue weighted by Gasteiger charge is 2.11. The number of nitrogens with one attached hydrogen (secondary N) is 1. The molecule has 21 heavy (non-hydrogen) atoms. The molecule has 0 aliphatic heterocycles. The SMILES string of the molecule is CCCCOc1ccc(C(CCCS(C)(=O)=O)NC)cc1. The van der Waals surface area contributed by atoms with Crippen LogP contribution in [-0.4, -0.2) is 34.1 Å². The van der Waals surface area contributed by atoms with E-state index >= 15 is 0 Å². The molecule has 0 radical (unpaired) electrons. The molecule has 0 bridgehead atoms. The molecule has 0 heterocycles. The van der Waals surface area contributed by atoms with Gasteiger partial charge in [-0.2, -0.15) is 0 Å². The lowest BCUT2D eigenvalue weighted by Crippen LogP contribution is -2.17. The average Bonchev–Trinajstić information content (AvgIpc) is 2.44. The van der Waals surface area contributed by atoms with Crippen molar-refractivity contribution < 1.29 is 13.2 Å². The summed E-state index contributed by atoms with van der Waals surface area (Å²) in [6, 6.07) is 8.22. The van der Waals surface area contributed by atoms with Crippen molar-refractivity contribution in [3.8, 4) is 5.75 Å². The first-order valence-corrected chi connectivity index (χ1v) is 9.60. The first-order chi connectivity index (χ1) is 9.96. The summed E-state index contributed by atoms with van der Waals surface area (Å²) in [6.07, 6.45) is 4.94. The van der Waals surface area contributed by atoms with Gasteiger partial charge in [-0.1, -0.05) is 25.5 Å². The Balaban J connectivity index is 2.52. The van der Waals surface area contributed by atoms with Crippen LogP contribution in [0.1, 0.15) is 44.2 Å². The van der Waals surface area contributed by atoms with E-state index in [2.05, 4.69) is 12.2 Å². The number of rotatable bonds is 10. The molecule has 1 aromatic carbocycles. The highest BCUT2D eigenvalue weighted by molar-refractivity contribution is 7.90. The van der Waals surface area contributed by atoms with Gasteiger partial charge in [0.2, 0.25) is 0 Å². The molecule has 5 heteroatoms. The maximum Gasteiger partial charge on any atom is 0.147 e. The second-order valence-electron chi connectivity index (χ2n) is 5.38. The van der Waals surface area contributed by atoms with Crippen LogP contribution in [0.25, 0.3) is 0 Å². The zero-order chi connectivity index (χ0) is 15.7. The van der Waals surface area contributed by atoms with Crippen LogP contribution < -0.4 is 10.1 Å². The van der Waals surface area contributed by atoms with Gasteiger partial charge in [-0.3, -0.25) is 0 Å². The van der Waals surface area contributed by atoms with Gasteiger partial charge in [0.15, 0.2) is 0 Å². The van der Waals surface area contributed by atoms with Gasteiger partial charge in [0.1, 0.15) is 15.6 Å². The first-order valence-electron chi connectivity index (χ1n) is 7.54. The molecule has 1 N–H and O–H groups in total. The fourth-order valence-corrected chi connectivity index (χ4v) is 2.85. The summed E-state index contributed by atoms with van der Waals surface area (Å²) in [7, 11) is -0.978. The van der Waals surface area contributed by atoms with Crippen LogP contribution in [0.2, 0.25) is 0 Å². The highest BCUT2D eigenvalue weighted by atomic mass is 32.2. The van der Waals surface area contributed by atoms with Crippen molar-refractivity contribution >= 4 is 9.84 Å². The predicted octanol–water partition coefficient (Wildman–Crippen LogP) is 2.95. The van der Waals surface area contributed by atoms with Gasteiger partial charge in [-0.25, -0.2) is 8.42 Å². The largest absolute Gasteiger partial charge is 0.494 e. The van der Waals surface area contributed by atoms with Crippen LogP contribution in [0, 0.1) is 0 Å². The Morgan fingerprint density at radius 1 is 1.19 bits per heavy atom. The van der Waals surface area contributed by atoms with Crippen molar-refractivity contribution in [1.82, 2.24) is 5.32 Å². The highest BCUT2D eigenvalue weighted by Crippen LogP contribution is 2.21. The third kappa shape index (κ3) is 7.48. The van der Waals surface area contributed by atoms with Gasteiger partial charge in [0, 0.05) is 18.1 Å². The van der Waals surface area contributed by atoms with E-state index < -0.39 is 9.84 Å². The molecule has 0 aromatic heterocycles. The number of hydrogen-bond acceptors (Lipinski definition) is 4. The Bertz CT molecular complexity index is 497. The number of unbranched alkanes of at least 4 members (excludes halogenated alkanes) is 1. The fraction of sp³-hybridized carbons (Fsp3) is 0.625. The summed E-state index contributed by atoms with van der Waals surface area (Å²) in [5, 5.41) is 3.24. The molecule has 0 aliphatic rings. The van der Waals surface area contributed by atoms with Gasteiger partial charge < -0.3 is 10.1 Å². The second-order valence-corrected chi connectivity index (χ2v) is 7.64. The molecule has 4 nitrogen and oxygen atoms in total. The Kier molecular flexibility index (Phi) is 7.75. The molecule has 1 rings (SSSR count). The van der Waals surface area contributed by atoms with Crippen molar-refractivity contribution in [2.45, 2.75) is 38.6 Å². The van der Waals surface area contributed by atoms with Gasteiger partial charge in [-0.05, 0) is 44.0 Å². The molecule has 0 fully saturated rings. The van der Waals surface area contributed by atoms with E-state index in [0.29, 0.717) is 6.42 Å². The molecule has 1 atom stereocenters. The Morgan fingerprint density at radius 2 is 1.86 bits per heavy atom. The molecule has 0 aliphatic carbocycles. The monoisotopic (exact) mass is 313 g/mol. The number of ether oxygens (including phenoxy) is 1. The molecule has 1 unspecified atom stereocenters. The van der Waals surface area contributed by atoms with Crippen LogP contribution >= 0.6 is 0 Å². The van der Waals surface area contributed by atoms with Crippen LogP contribution in [0.3, 0.4) is 0 Å². The minimum Gasteiger partial charge on any atom is -0.494 e. The number of sulfone groups is 1. The average molecular weight is 313 g/mol. The maximum absolute atomic E-state index is 11.2. The van der Waals surface area contributed by atoms with Gasteiger partial charge in [0.25, 0.3) is 0 Å². The third-order valence-electron chi connectivity index (χ3n) is 3.41. The molecule has 0 saturated carbocycles. The molecule has 0 amide bonds. The van der Waals surface area contributed by atoms with Gasteiger partial charge >= 0.3 is 0 Å². The third-order valence-corrected chi connectivity index (χ3v) is 4.44. The fourth-order valence-electron chi connectivity index (χ4n) is 2.16. The summed E-state index contributed by atoms with van der Waals surface area (Å²) in [5.41, 5.74) is 1.16. The van der Waals surface area contributed by atoms with Crippen LogP contribution in [0.4, 0.5) is 0 Å². The number of hydrogen-bond donors (Lipinski definition) is 1. The van der Waals surface area contributed by atoms with E-state index in [1.165, 1.54) is 6.26 Å². The molecular weight excluding hydrogens is 286 g/mol. The van der Waals surface area contributed by atoms with Crippen molar-refractivity contribution in [2.75, 3.05) is 25.7 Å². The summed E-state index contributed by atoms with van der Waals surface area (Å²) >= 11 is 0. The van der Waals surface area contributed by atoms with E-state index in [1.54, 1.807) is 0 Å². The lowest BCUT2D eigenvalue weighted by atomic mass is 10.0. The molecule has 0 spiro atoms. The predicted molar refractivity (Wildman–Crippen MR) is 87.6 cm³/mol. The van der Waals surface area contributed by atoms with E-state index in [-0.39, 0.29) is 11.8 Å². The molecule has 0 saturated heterocycles. The molecular formula is C16H27NO3S. The van der Waals surface area contributed by atoms with E-state index in [4.69, 9.17) is 4.74 Å². The Labute approximate surface area is 128 Å². The maximum atomic E-state index is 11.2. The number of benzene rings is 1. The summed E-state index contributed by atoms with van der Waals surface area (Å²) < 4.78 is 28.0. The van der Waals surface area contributed by atoms with E-state index in [0.717, 1.165) is 37.2 Å². The van der Waals surface area contributed by atoms with Crippen LogP contribution in [-0.2, 0) is 9.84 Å². The smallest absolute Gasteiger partial charge is 0.147 e. The zero-order valence-corrected chi connectivity index (χ0v) is 14.1. The van der Waals surface area contributed by atoms with E-state index in [9.17, 15) is 8.42 Å². The minimum atomic E-state index is -2.88. The van der Waals surface area contributed by atoms with Crippen molar-refractivity contribution in [3.63, 3.8) is 0 Å². The van der Waals surface area contributed by atoms with Gasteiger partial charge in [0.05, 0.1) is 6.61 Å². The van der Waals surface area contributed by atoms with Crippen LogP contribution in [0.5, 0.6) is 5.75 Å². The van der Waals surface area contributed by atoms with Gasteiger partial charge in [-0.15, -0.1) is 0 Å². The lowest BCUT2D eigenvalue weighted by Gasteiger charge is -2.17. The zero-order valence-electron chi connectivity index (χ0n) is 13.3. The van der Waals surface area contributed by atoms with Crippen molar-refractivity contribution in [2.24, 2.45) is 0 Å². The Morgan fingerprint density at radius 3 is 2.38 bits per heavy atom. The minimum absolute atomic E-state index is 0.177. The van der Waals surface area contributed by atoms with Crippen molar-refractivity contribution in [1.29, 1.82) is 0 Å². The van der Waals surface area contributed by atoms with Crippen LogP contribution in [0.15, 0.2) is 24.3 Å². The van der Waals surface area contributed by atoms with E-state index in [1.807, 2.05) is 31.3 Å². The summed E-state index contributed by atoms with van der Waals surface area (Å²) in [5.74, 6) is 1.13. The second kappa shape index (κ2) is 9.05. The quantitative estimate of drug-likeness (QED) is 0.675. The Hall–Kier alpha value is -1.07.